The third-order valence-electron chi connectivity index (χ3n) is 1.24. The van der Waals surface area contributed by atoms with Crippen LogP contribution in [0.15, 0.2) is 4.99 Å². The largest absolute Gasteiger partial charge is 0.376 e. The maximum Gasteiger partial charge on any atom is 0.235 e. The zero-order valence-corrected chi connectivity index (χ0v) is 5.58. The van der Waals surface area contributed by atoms with E-state index in [2.05, 4.69) is 4.99 Å². The van der Waals surface area contributed by atoms with Gasteiger partial charge in [-0.1, -0.05) is 0 Å². The van der Waals surface area contributed by atoms with Gasteiger partial charge >= 0.3 is 0 Å². The molecule has 0 N–H and O–H groups in total. The van der Waals surface area contributed by atoms with Gasteiger partial charge in [-0.05, 0) is 0 Å². The molecule has 1 unspecified atom stereocenters. The summed E-state index contributed by atoms with van der Waals surface area (Å²) in [5.74, 6) is 0. The number of rotatable bonds is 2. The Bertz CT molecular complexity index is 136. The fraction of sp³-hybridized carbons (Fsp3) is 0.833. The minimum atomic E-state index is -0.0461. The van der Waals surface area contributed by atoms with E-state index in [0.717, 1.165) is 0 Å². The number of isocyanates is 1. The van der Waals surface area contributed by atoms with Gasteiger partial charge in [-0.25, -0.2) is 9.79 Å². The summed E-state index contributed by atoms with van der Waals surface area (Å²) in [7, 11) is 0. The molecule has 4 nitrogen and oxygen atoms in total. The molecule has 0 spiro atoms. The molecule has 4 heteroatoms. The monoisotopic (exact) mass is 143 g/mol. The Morgan fingerprint density at radius 3 is 3.10 bits per heavy atom. The standard InChI is InChI=1S/C6H9NO3/c8-5-7-3-6-4-9-1-2-10-6/h6H,1-4H2. The van der Waals surface area contributed by atoms with Crippen molar-refractivity contribution in [3.05, 3.63) is 0 Å². The van der Waals surface area contributed by atoms with Crippen molar-refractivity contribution in [3.63, 3.8) is 0 Å². The molecule has 0 aliphatic carbocycles. The van der Waals surface area contributed by atoms with Gasteiger partial charge in [0, 0.05) is 0 Å². The van der Waals surface area contributed by atoms with E-state index in [1.807, 2.05) is 0 Å². The Kier molecular flexibility index (Phi) is 3.09. The average molecular weight is 143 g/mol. The fourth-order valence-electron chi connectivity index (χ4n) is 0.781. The first-order valence-corrected chi connectivity index (χ1v) is 3.16. The minimum Gasteiger partial charge on any atom is -0.376 e. The molecule has 1 fully saturated rings. The van der Waals surface area contributed by atoms with Gasteiger partial charge in [0.2, 0.25) is 6.08 Å². The number of carbonyl (C=O) groups excluding carboxylic acids is 1. The van der Waals surface area contributed by atoms with Crippen LogP contribution in [0.25, 0.3) is 0 Å². The molecular weight excluding hydrogens is 134 g/mol. The molecule has 0 amide bonds. The molecule has 0 radical (unpaired) electrons. The van der Waals surface area contributed by atoms with E-state index in [0.29, 0.717) is 26.4 Å². The second-order valence-electron chi connectivity index (χ2n) is 2.00. The molecule has 10 heavy (non-hydrogen) atoms. The highest BCUT2D eigenvalue weighted by Crippen LogP contribution is 1.99. The van der Waals surface area contributed by atoms with Crippen molar-refractivity contribution < 1.29 is 14.3 Å². The second kappa shape index (κ2) is 4.17. The van der Waals surface area contributed by atoms with E-state index in [1.165, 1.54) is 6.08 Å². The highest BCUT2D eigenvalue weighted by atomic mass is 16.6. The van der Waals surface area contributed by atoms with Crippen LogP contribution in [0, 0.1) is 0 Å². The molecule has 56 valence electrons. The van der Waals surface area contributed by atoms with Crippen molar-refractivity contribution in [2.75, 3.05) is 26.4 Å². The molecule has 1 rings (SSSR count). The maximum absolute atomic E-state index is 9.66. The maximum atomic E-state index is 9.66. The predicted molar refractivity (Wildman–Crippen MR) is 33.5 cm³/mol. The molecule has 0 bridgehead atoms. The van der Waals surface area contributed by atoms with Crippen LogP contribution in [-0.4, -0.2) is 38.5 Å². The Balaban J connectivity index is 2.19. The molecule has 0 aromatic rings. The van der Waals surface area contributed by atoms with Crippen molar-refractivity contribution >= 4 is 6.08 Å². The van der Waals surface area contributed by atoms with Crippen LogP contribution in [0.1, 0.15) is 0 Å². The van der Waals surface area contributed by atoms with Crippen molar-refractivity contribution in [2.24, 2.45) is 4.99 Å². The molecule has 1 atom stereocenters. The first-order chi connectivity index (χ1) is 4.93. The lowest BCUT2D eigenvalue weighted by Crippen LogP contribution is -2.30. The van der Waals surface area contributed by atoms with Crippen LogP contribution < -0.4 is 0 Å². The van der Waals surface area contributed by atoms with Crippen LogP contribution in [0.5, 0.6) is 0 Å². The Hall–Kier alpha value is -0.700. The zero-order chi connectivity index (χ0) is 7.23. The van der Waals surface area contributed by atoms with E-state index in [-0.39, 0.29) is 6.10 Å². The van der Waals surface area contributed by atoms with Gasteiger partial charge in [-0.3, -0.25) is 0 Å². The molecule has 0 aromatic heterocycles. The summed E-state index contributed by atoms with van der Waals surface area (Å²) in [6.45, 7) is 2.13. The predicted octanol–water partition coefficient (Wildman–Crippen LogP) is -0.262. The van der Waals surface area contributed by atoms with Gasteiger partial charge < -0.3 is 9.47 Å². The van der Waals surface area contributed by atoms with Gasteiger partial charge in [-0.2, -0.15) is 0 Å². The summed E-state index contributed by atoms with van der Waals surface area (Å²) in [4.78, 5) is 13.0. The molecule has 1 aliphatic heterocycles. The molecular formula is C6H9NO3. The highest BCUT2D eigenvalue weighted by molar-refractivity contribution is 5.32. The quantitative estimate of drug-likeness (QED) is 0.395. The number of aliphatic imine (C=N–C) groups is 1. The van der Waals surface area contributed by atoms with E-state index in [1.54, 1.807) is 0 Å². The lowest BCUT2D eigenvalue weighted by atomic mass is 10.3. The van der Waals surface area contributed by atoms with Gasteiger partial charge in [0.15, 0.2) is 0 Å². The Morgan fingerprint density at radius 1 is 1.60 bits per heavy atom. The second-order valence-corrected chi connectivity index (χ2v) is 2.00. The van der Waals surface area contributed by atoms with Crippen LogP contribution in [-0.2, 0) is 14.3 Å². The van der Waals surface area contributed by atoms with E-state index in [9.17, 15) is 4.79 Å². The summed E-state index contributed by atoms with van der Waals surface area (Å²) in [5, 5.41) is 0. The van der Waals surface area contributed by atoms with E-state index >= 15 is 0 Å². The number of hydrogen-bond donors (Lipinski definition) is 0. The van der Waals surface area contributed by atoms with Gasteiger partial charge in [-0.15, -0.1) is 0 Å². The van der Waals surface area contributed by atoms with Gasteiger partial charge in [0.25, 0.3) is 0 Å². The minimum absolute atomic E-state index is 0.0461. The number of hydrogen-bond acceptors (Lipinski definition) is 4. The summed E-state index contributed by atoms with van der Waals surface area (Å²) < 4.78 is 10.2. The molecule has 1 saturated heterocycles. The third kappa shape index (κ3) is 2.27. The van der Waals surface area contributed by atoms with Gasteiger partial charge in [0.1, 0.15) is 6.10 Å². The Labute approximate surface area is 58.8 Å². The average Bonchev–Trinajstić information content (AvgIpc) is 2.03. The first-order valence-electron chi connectivity index (χ1n) is 3.16. The third-order valence-corrected chi connectivity index (χ3v) is 1.24. The molecule has 1 heterocycles. The molecule has 1 aliphatic rings. The van der Waals surface area contributed by atoms with Crippen LogP contribution in [0.2, 0.25) is 0 Å². The number of ether oxygens (including phenoxy) is 2. The Morgan fingerprint density at radius 2 is 2.50 bits per heavy atom. The van der Waals surface area contributed by atoms with Gasteiger partial charge in [0.05, 0.1) is 26.4 Å². The topological polar surface area (TPSA) is 47.9 Å². The zero-order valence-electron chi connectivity index (χ0n) is 5.58. The number of nitrogens with zero attached hydrogens (tertiary/aromatic N) is 1. The van der Waals surface area contributed by atoms with Crippen LogP contribution in [0.3, 0.4) is 0 Å². The highest BCUT2D eigenvalue weighted by Gasteiger charge is 2.12. The van der Waals surface area contributed by atoms with Crippen molar-refractivity contribution in [1.29, 1.82) is 0 Å². The smallest absolute Gasteiger partial charge is 0.235 e. The summed E-state index contributed by atoms with van der Waals surface area (Å²) in [6.07, 6.45) is 1.41. The van der Waals surface area contributed by atoms with E-state index in [4.69, 9.17) is 9.47 Å². The fourth-order valence-corrected chi connectivity index (χ4v) is 0.781. The van der Waals surface area contributed by atoms with Crippen molar-refractivity contribution in [3.8, 4) is 0 Å². The summed E-state index contributed by atoms with van der Waals surface area (Å²) in [6, 6.07) is 0. The molecule has 0 saturated carbocycles. The SMILES string of the molecule is O=C=NCC1COCCO1. The van der Waals surface area contributed by atoms with Crippen LogP contribution in [0.4, 0.5) is 0 Å². The van der Waals surface area contributed by atoms with Crippen LogP contribution >= 0.6 is 0 Å². The normalized spacial score (nSPS) is 25.4. The van der Waals surface area contributed by atoms with E-state index < -0.39 is 0 Å². The van der Waals surface area contributed by atoms with Crippen molar-refractivity contribution in [2.45, 2.75) is 6.10 Å². The summed E-state index contributed by atoms with van der Waals surface area (Å²) in [5.41, 5.74) is 0. The lowest BCUT2D eigenvalue weighted by Gasteiger charge is -2.20. The first kappa shape index (κ1) is 7.41. The lowest BCUT2D eigenvalue weighted by molar-refractivity contribution is -0.0832. The summed E-state index contributed by atoms with van der Waals surface area (Å²) >= 11 is 0. The molecule has 0 aromatic carbocycles. The van der Waals surface area contributed by atoms with Crippen molar-refractivity contribution in [1.82, 2.24) is 0 Å².